The van der Waals surface area contributed by atoms with Crippen molar-refractivity contribution >= 4 is 29.0 Å². The number of nitrogens with one attached hydrogen (secondary N) is 1. The highest BCUT2D eigenvalue weighted by molar-refractivity contribution is 7.80. The van der Waals surface area contributed by atoms with Crippen LogP contribution in [0.15, 0.2) is 54.6 Å². The van der Waals surface area contributed by atoms with Crippen LogP contribution in [0, 0.1) is 6.92 Å². The molecule has 25 heavy (non-hydrogen) atoms. The minimum absolute atomic E-state index is 0.201. The molecule has 0 saturated heterocycles. The topological polar surface area (TPSA) is 41.6 Å². The van der Waals surface area contributed by atoms with Crippen LogP contribution in [0.25, 0.3) is 0 Å². The lowest BCUT2D eigenvalue weighted by Gasteiger charge is -2.26. The molecule has 132 valence electrons. The standard InChI is InChI=1S/C20H24N2O2S/c1-16-8-6-11-18(14-16)22(15-17-9-4-3-5-10-17)20(25)21-13-7-12-19(23)24-2/h3-6,8-11,14H,7,12-13,15H2,1-2H3,(H,21,25). The number of hydrogen-bond acceptors (Lipinski definition) is 3. The largest absolute Gasteiger partial charge is 0.469 e. The van der Waals surface area contributed by atoms with E-state index in [0.29, 0.717) is 31.0 Å². The van der Waals surface area contributed by atoms with Crippen molar-refractivity contribution in [3.63, 3.8) is 0 Å². The van der Waals surface area contributed by atoms with Crippen LogP contribution in [0.2, 0.25) is 0 Å². The Morgan fingerprint density at radius 1 is 1.16 bits per heavy atom. The van der Waals surface area contributed by atoms with Gasteiger partial charge in [-0.2, -0.15) is 0 Å². The highest BCUT2D eigenvalue weighted by Crippen LogP contribution is 2.19. The average Bonchev–Trinajstić information content (AvgIpc) is 2.63. The van der Waals surface area contributed by atoms with Gasteiger partial charge in [0.2, 0.25) is 0 Å². The van der Waals surface area contributed by atoms with Gasteiger partial charge in [-0.15, -0.1) is 0 Å². The predicted molar refractivity (Wildman–Crippen MR) is 106 cm³/mol. The smallest absolute Gasteiger partial charge is 0.305 e. The summed E-state index contributed by atoms with van der Waals surface area (Å²) in [4.78, 5) is 13.3. The fraction of sp³-hybridized carbons (Fsp3) is 0.300. The highest BCUT2D eigenvalue weighted by Gasteiger charge is 2.13. The molecule has 0 radical (unpaired) electrons. The number of carbonyl (C=O) groups excluding carboxylic acids is 1. The van der Waals surface area contributed by atoms with Crippen molar-refractivity contribution in [2.24, 2.45) is 0 Å². The maximum absolute atomic E-state index is 11.2. The van der Waals surface area contributed by atoms with Gasteiger partial charge in [-0.25, -0.2) is 0 Å². The predicted octanol–water partition coefficient (Wildman–Crippen LogP) is 3.83. The van der Waals surface area contributed by atoms with Crippen molar-refractivity contribution in [1.29, 1.82) is 0 Å². The quantitative estimate of drug-likeness (QED) is 0.464. The number of esters is 1. The summed E-state index contributed by atoms with van der Waals surface area (Å²) in [5.41, 5.74) is 3.42. The number of nitrogens with zero attached hydrogens (tertiary/aromatic N) is 1. The van der Waals surface area contributed by atoms with E-state index in [1.54, 1.807) is 0 Å². The van der Waals surface area contributed by atoms with Crippen LogP contribution in [-0.2, 0) is 16.1 Å². The van der Waals surface area contributed by atoms with Crippen LogP contribution in [0.3, 0.4) is 0 Å². The van der Waals surface area contributed by atoms with Crippen LogP contribution in [0.5, 0.6) is 0 Å². The number of aryl methyl sites for hydroxylation is 1. The first kappa shape index (κ1) is 18.9. The van der Waals surface area contributed by atoms with E-state index in [2.05, 4.69) is 52.2 Å². The summed E-state index contributed by atoms with van der Waals surface area (Å²) in [5, 5.41) is 3.90. The van der Waals surface area contributed by atoms with Crippen molar-refractivity contribution in [2.75, 3.05) is 18.6 Å². The molecule has 0 aliphatic heterocycles. The molecule has 0 aliphatic rings. The second-order valence-corrected chi connectivity index (χ2v) is 6.21. The van der Waals surface area contributed by atoms with Gasteiger partial charge in [-0.3, -0.25) is 4.79 Å². The van der Waals surface area contributed by atoms with Crippen LogP contribution >= 0.6 is 12.2 Å². The third-order valence-corrected chi connectivity index (χ3v) is 4.17. The summed E-state index contributed by atoms with van der Waals surface area (Å²) in [6.07, 6.45) is 1.06. The fourth-order valence-electron chi connectivity index (χ4n) is 2.47. The lowest BCUT2D eigenvalue weighted by molar-refractivity contribution is -0.140. The SMILES string of the molecule is COC(=O)CCCNC(=S)N(Cc1ccccc1)c1cccc(C)c1. The van der Waals surface area contributed by atoms with E-state index in [9.17, 15) is 4.79 Å². The lowest BCUT2D eigenvalue weighted by Crippen LogP contribution is -2.40. The number of carbonyl (C=O) groups is 1. The number of hydrogen-bond donors (Lipinski definition) is 1. The molecule has 0 heterocycles. The summed E-state index contributed by atoms with van der Waals surface area (Å²) in [7, 11) is 1.40. The molecule has 0 amide bonds. The Balaban J connectivity index is 2.05. The molecule has 2 aromatic carbocycles. The van der Waals surface area contributed by atoms with Gasteiger partial charge in [0.05, 0.1) is 13.7 Å². The second kappa shape index (κ2) is 9.79. The van der Waals surface area contributed by atoms with Gasteiger partial charge in [0.1, 0.15) is 0 Å². The van der Waals surface area contributed by atoms with E-state index in [4.69, 9.17) is 12.2 Å². The second-order valence-electron chi connectivity index (χ2n) is 5.82. The van der Waals surface area contributed by atoms with Gasteiger partial charge in [-0.05, 0) is 48.8 Å². The maximum atomic E-state index is 11.2. The molecular weight excluding hydrogens is 332 g/mol. The molecule has 0 unspecified atom stereocenters. The normalized spacial score (nSPS) is 10.2. The molecule has 0 spiro atoms. The zero-order chi connectivity index (χ0) is 18.1. The zero-order valence-electron chi connectivity index (χ0n) is 14.7. The molecule has 2 aromatic rings. The Labute approximate surface area is 154 Å². The van der Waals surface area contributed by atoms with E-state index in [0.717, 1.165) is 5.69 Å². The van der Waals surface area contributed by atoms with Crippen LogP contribution < -0.4 is 10.2 Å². The fourth-order valence-corrected chi connectivity index (χ4v) is 2.74. The summed E-state index contributed by atoms with van der Waals surface area (Å²) in [5.74, 6) is -0.201. The van der Waals surface area contributed by atoms with E-state index < -0.39 is 0 Å². The minimum atomic E-state index is -0.201. The molecule has 4 nitrogen and oxygen atoms in total. The van der Waals surface area contributed by atoms with Crippen LogP contribution in [0.1, 0.15) is 24.0 Å². The van der Waals surface area contributed by atoms with Crippen molar-refractivity contribution in [3.05, 3.63) is 65.7 Å². The minimum Gasteiger partial charge on any atom is -0.469 e. The first-order chi connectivity index (χ1) is 12.1. The monoisotopic (exact) mass is 356 g/mol. The van der Waals surface area contributed by atoms with Gasteiger partial charge in [0.15, 0.2) is 5.11 Å². The molecule has 0 fully saturated rings. The summed E-state index contributed by atoms with van der Waals surface area (Å²) in [6, 6.07) is 18.5. The van der Waals surface area contributed by atoms with Gasteiger partial charge < -0.3 is 15.0 Å². The van der Waals surface area contributed by atoms with Gasteiger partial charge in [-0.1, -0.05) is 42.5 Å². The Bertz CT molecular complexity index is 704. The number of anilines is 1. The Morgan fingerprint density at radius 3 is 2.60 bits per heavy atom. The van der Waals surface area contributed by atoms with Crippen molar-refractivity contribution in [3.8, 4) is 0 Å². The van der Waals surface area contributed by atoms with Crippen molar-refractivity contribution in [1.82, 2.24) is 5.32 Å². The number of rotatable bonds is 7. The summed E-state index contributed by atoms with van der Waals surface area (Å²) < 4.78 is 4.66. The zero-order valence-corrected chi connectivity index (χ0v) is 15.5. The lowest BCUT2D eigenvalue weighted by atomic mass is 10.1. The molecule has 0 aliphatic carbocycles. The van der Waals surface area contributed by atoms with E-state index in [-0.39, 0.29) is 5.97 Å². The Kier molecular flexibility index (Phi) is 7.41. The molecular formula is C20H24N2O2S. The number of ether oxygens (including phenoxy) is 1. The average molecular weight is 356 g/mol. The third-order valence-electron chi connectivity index (χ3n) is 3.80. The van der Waals surface area contributed by atoms with Crippen molar-refractivity contribution in [2.45, 2.75) is 26.3 Å². The van der Waals surface area contributed by atoms with Crippen molar-refractivity contribution < 1.29 is 9.53 Å². The van der Waals surface area contributed by atoms with E-state index in [1.807, 2.05) is 24.3 Å². The molecule has 5 heteroatoms. The summed E-state index contributed by atoms with van der Waals surface area (Å²) >= 11 is 5.61. The van der Waals surface area contributed by atoms with Gasteiger partial charge in [0.25, 0.3) is 0 Å². The van der Waals surface area contributed by atoms with E-state index >= 15 is 0 Å². The maximum Gasteiger partial charge on any atom is 0.305 e. The van der Waals surface area contributed by atoms with E-state index in [1.165, 1.54) is 18.2 Å². The number of methoxy groups -OCH3 is 1. The Hall–Kier alpha value is -2.40. The third kappa shape index (κ3) is 6.19. The molecule has 2 rings (SSSR count). The number of thiocarbonyl (C=S) groups is 1. The van der Waals surface area contributed by atoms with Crippen LogP contribution in [-0.4, -0.2) is 24.7 Å². The molecule has 0 saturated carbocycles. The molecule has 0 aromatic heterocycles. The van der Waals surface area contributed by atoms with Crippen LogP contribution in [0.4, 0.5) is 5.69 Å². The first-order valence-electron chi connectivity index (χ1n) is 8.33. The molecule has 0 bridgehead atoms. The molecule has 0 atom stereocenters. The van der Waals surface area contributed by atoms with Gasteiger partial charge >= 0.3 is 5.97 Å². The summed E-state index contributed by atoms with van der Waals surface area (Å²) in [6.45, 7) is 3.38. The Morgan fingerprint density at radius 2 is 1.92 bits per heavy atom. The van der Waals surface area contributed by atoms with Gasteiger partial charge in [0, 0.05) is 18.7 Å². The first-order valence-corrected chi connectivity index (χ1v) is 8.74. The highest BCUT2D eigenvalue weighted by atomic mass is 32.1. The molecule has 1 N–H and O–H groups in total. The number of benzene rings is 2.